The standard InChI is InChI=1S/C21H25N5O/c1-3-25-8-6-16-7-9-26(18(16)13-25)20-5-4-17(23-24-20)21-14(2)10-15(12-22)11-19(21)27/h4-5,10-11,16,18,27H,3,6-9,13H2,1-2H3. The maximum absolute atomic E-state index is 10.3. The second kappa shape index (κ2) is 7.16. The molecule has 2 aliphatic heterocycles. The third-order valence-corrected chi connectivity index (χ3v) is 6.04. The van der Waals surface area contributed by atoms with Crippen LogP contribution in [0.5, 0.6) is 5.75 Å². The maximum Gasteiger partial charge on any atom is 0.151 e. The zero-order valence-electron chi connectivity index (χ0n) is 15.9. The lowest BCUT2D eigenvalue weighted by molar-refractivity contribution is 0.182. The minimum Gasteiger partial charge on any atom is -0.507 e. The van der Waals surface area contributed by atoms with Gasteiger partial charge < -0.3 is 14.9 Å². The van der Waals surface area contributed by atoms with Gasteiger partial charge in [0.2, 0.25) is 0 Å². The van der Waals surface area contributed by atoms with Crippen LogP contribution in [0.3, 0.4) is 0 Å². The molecule has 27 heavy (non-hydrogen) atoms. The average Bonchev–Trinajstić information content (AvgIpc) is 3.11. The highest BCUT2D eigenvalue weighted by Crippen LogP contribution is 2.36. The van der Waals surface area contributed by atoms with Gasteiger partial charge in [-0.2, -0.15) is 5.26 Å². The number of phenolic OH excluding ortho intramolecular Hbond substituents is 1. The highest BCUT2D eigenvalue weighted by atomic mass is 16.3. The molecule has 0 aliphatic carbocycles. The molecular formula is C21H25N5O. The Morgan fingerprint density at radius 2 is 2.04 bits per heavy atom. The summed E-state index contributed by atoms with van der Waals surface area (Å²) >= 11 is 0. The number of fused-ring (bicyclic) bond motifs is 1. The summed E-state index contributed by atoms with van der Waals surface area (Å²) in [6, 6.07) is 9.74. The fourth-order valence-corrected chi connectivity index (χ4v) is 4.56. The van der Waals surface area contributed by atoms with E-state index in [1.54, 1.807) is 6.07 Å². The van der Waals surface area contributed by atoms with Gasteiger partial charge in [-0.15, -0.1) is 10.2 Å². The van der Waals surface area contributed by atoms with E-state index < -0.39 is 0 Å². The molecule has 0 amide bonds. The van der Waals surface area contributed by atoms with E-state index in [0.29, 0.717) is 22.9 Å². The molecule has 2 fully saturated rings. The number of likely N-dealkylation sites (tertiary alicyclic amines) is 1. The van der Waals surface area contributed by atoms with Crippen molar-refractivity contribution in [2.45, 2.75) is 32.7 Å². The predicted octanol–water partition coefficient (Wildman–Crippen LogP) is 2.95. The van der Waals surface area contributed by atoms with E-state index >= 15 is 0 Å². The van der Waals surface area contributed by atoms with Crippen molar-refractivity contribution in [2.75, 3.05) is 31.1 Å². The number of aryl methyl sites for hydroxylation is 1. The molecule has 1 aromatic heterocycles. The molecule has 6 heteroatoms. The summed E-state index contributed by atoms with van der Waals surface area (Å²) in [4.78, 5) is 4.91. The van der Waals surface area contributed by atoms with Gasteiger partial charge in [-0.05, 0) is 68.6 Å². The molecule has 2 aromatic rings. The topological polar surface area (TPSA) is 76.3 Å². The summed E-state index contributed by atoms with van der Waals surface area (Å²) in [7, 11) is 0. The first-order valence-electron chi connectivity index (χ1n) is 9.67. The second-order valence-electron chi connectivity index (χ2n) is 7.57. The van der Waals surface area contributed by atoms with Crippen LogP contribution < -0.4 is 4.90 Å². The lowest BCUT2D eigenvalue weighted by Gasteiger charge is -2.38. The number of likely N-dealkylation sites (N-methyl/N-ethyl adjacent to an activating group) is 1. The molecule has 3 heterocycles. The number of nitrogens with zero attached hydrogens (tertiary/aromatic N) is 5. The van der Waals surface area contributed by atoms with Crippen molar-refractivity contribution < 1.29 is 5.11 Å². The molecular weight excluding hydrogens is 338 g/mol. The summed E-state index contributed by atoms with van der Waals surface area (Å²) < 4.78 is 0. The lowest BCUT2D eigenvalue weighted by Crippen LogP contribution is -2.48. The monoisotopic (exact) mass is 363 g/mol. The summed E-state index contributed by atoms with van der Waals surface area (Å²) in [5.74, 6) is 1.73. The molecule has 140 valence electrons. The minimum atomic E-state index is 0.0701. The number of nitriles is 1. The molecule has 2 aliphatic rings. The Morgan fingerprint density at radius 1 is 1.22 bits per heavy atom. The minimum absolute atomic E-state index is 0.0701. The van der Waals surface area contributed by atoms with Crippen molar-refractivity contribution in [2.24, 2.45) is 5.92 Å². The molecule has 0 bridgehead atoms. The molecule has 1 aromatic carbocycles. The van der Waals surface area contributed by atoms with Crippen molar-refractivity contribution in [3.63, 3.8) is 0 Å². The average molecular weight is 363 g/mol. The van der Waals surface area contributed by atoms with Crippen molar-refractivity contribution in [1.29, 1.82) is 5.26 Å². The molecule has 0 saturated carbocycles. The van der Waals surface area contributed by atoms with Crippen LogP contribution in [0.15, 0.2) is 24.3 Å². The number of anilines is 1. The Kier molecular flexibility index (Phi) is 4.71. The van der Waals surface area contributed by atoms with Gasteiger partial charge in [0.05, 0.1) is 17.3 Å². The predicted molar refractivity (Wildman–Crippen MR) is 105 cm³/mol. The first-order valence-corrected chi connectivity index (χ1v) is 9.67. The van der Waals surface area contributed by atoms with Crippen LogP contribution in [0.25, 0.3) is 11.3 Å². The molecule has 2 unspecified atom stereocenters. The zero-order valence-corrected chi connectivity index (χ0v) is 15.9. The van der Waals surface area contributed by atoms with E-state index in [9.17, 15) is 5.11 Å². The van der Waals surface area contributed by atoms with Gasteiger partial charge in [0, 0.05) is 24.7 Å². The van der Waals surface area contributed by atoms with Crippen LogP contribution in [0.1, 0.15) is 30.9 Å². The van der Waals surface area contributed by atoms with Gasteiger partial charge >= 0.3 is 0 Å². The highest BCUT2D eigenvalue weighted by Gasteiger charge is 2.38. The fourth-order valence-electron chi connectivity index (χ4n) is 4.56. The van der Waals surface area contributed by atoms with Crippen molar-refractivity contribution in [3.8, 4) is 23.1 Å². The largest absolute Gasteiger partial charge is 0.507 e. The number of benzene rings is 1. The van der Waals surface area contributed by atoms with E-state index in [2.05, 4.69) is 33.0 Å². The smallest absolute Gasteiger partial charge is 0.151 e. The normalized spacial score (nSPS) is 22.5. The number of aromatic nitrogens is 2. The van der Waals surface area contributed by atoms with Gasteiger partial charge in [-0.1, -0.05) is 6.92 Å². The Morgan fingerprint density at radius 3 is 2.70 bits per heavy atom. The first-order chi connectivity index (χ1) is 13.1. The SMILES string of the molecule is CCN1CCC2CCN(c3ccc(-c4c(C)cc(C#N)cc4O)nn3)C2C1. The molecule has 4 rings (SSSR count). The van der Waals surface area contributed by atoms with Crippen LogP contribution >= 0.6 is 0 Å². The van der Waals surface area contributed by atoms with Crippen LogP contribution in [0.4, 0.5) is 5.82 Å². The third kappa shape index (κ3) is 3.24. The van der Waals surface area contributed by atoms with Crippen LogP contribution in [0.2, 0.25) is 0 Å². The van der Waals surface area contributed by atoms with Crippen molar-refractivity contribution in [3.05, 3.63) is 35.4 Å². The summed E-state index contributed by atoms with van der Waals surface area (Å²) in [6.45, 7) is 8.52. The van der Waals surface area contributed by atoms with E-state index in [0.717, 1.165) is 36.9 Å². The summed E-state index contributed by atoms with van der Waals surface area (Å²) in [5, 5.41) is 28.2. The quantitative estimate of drug-likeness (QED) is 0.903. The van der Waals surface area contributed by atoms with Gasteiger partial charge in [0.1, 0.15) is 5.75 Å². The molecule has 0 radical (unpaired) electrons. The zero-order chi connectivity index (χ0) is 19.0. The van der Waals surface area contributed by atoms with Crippen molar-refractivity contribution in [1.82, 2.24) is 15.1 Å². The highest BCUT2D eigenvalue weighted by molar-refractivity contribution is 5.72. The van der Waals surface area contributed by atoms with Crippen LogP contribution in [-0.4, -0.2) is 52.4 Å². The van der Waals surface area contributed by atoms with Gasteiger partial charge in [-0.25, -0.2) is 0 Å². The number of aromatic hydroxyl groups is 1. The molecule has 2 atom stereocenters. The molecule has 1 N–H and O–H groups in total. The van der Waals surface area contributed by atoms with E-state index in [1.165, 1.54) is 25.5 Å². The lowest BCUT2D eigenvalue weighted by atomic mass is 9.92. The number of rotatable bonds is 3. The Bertz CT molecular complexity index is 850. The first kappa shape index (κ1) is 17.7. The van der Waals surface area contributed by atoms with Crippen LogP contribution in [0, 0.1) is 24.2 Å². The molecule has 2 saturated heterocycles. The number of hydrogen-bond donors (Lipinski definition) is 1. The van der Waals surface area contributed by atoms with Gasteiger partial charge in [0.15, 0.2) is 5.82 Å². The van der Waals surface area contributed by atoms with Crippen LogP contribution in [-0.2, 0) is 0 Å². The summed E-state index contributed by atoms with van der Waals surface area (Å²) in [5.41, 5.74) is 2.54. The van der Waals surface area contributed by atoms with Gasteiger partial charge in [-0.3, -0.25) is 0 Å². The maximum atomic E-state index is 10.3. The van der Waals surface area contributed by atoms with E-state index in [-0.39, 0.29) is 5.75 Å². The third-order valence-electron chi connectivity index (χ3n) is 6.04. The van der Waals surface area contributed by atoms with E-state index in [4.69, 9.17) is 5.26 Å². The number of phenols is 1. The summed E-state index contributed by atoms with van der Waals surface area (Å²) in [6.07, 6.45) is 2.49. The Hall–Kier alpha value is -2.65. The number of hydrogen-bond acceptors (Lipinski definition) is 6. The Balaban J connectivity index is 1.59. The second-order valence-corrected chi connectivity index (χ2v) is 7.57. The van der Waals surface area contributed by atoms with E-state index in [1.807, 2.05) is 19.1 Å². The fraction of sp³-hybridized carbons (Fsp3) is 0.476. The Labute approximate surface area is 160 Å². The number of piperidine rings is 1. The molecule has 6 nitrogen and oxygen atoms in total. The molecule has 0 spiro atoms. The van der Waals surface area contributed by atoms with Crippen molar-refractivity contribution >= 4 is 5.82 Å². The van der Waals surface area contributed by atoms with Gasteiger partial charge in [0.25, 0.3) is 0 Å².